The Morgan fingerprint density at radius 3 is 2.72 bits per heavy atom. The van der Waals surface area contributed by atoms with Crippen molar-refractivity contribution in [3.8, 4) is 0 Å². The van der Waals surface area contributed by atoms with Crippen molar-refractivity contribution in [2.24, 2.45) is 0 Å². The lowest BCUT2D eigenvalue weighted by Gasteiger charge is -2.20. The van der Waals surface area contributed by atoms with Crippen LogP contribution in [0.4, 0.5) is 0 Å². The Morgan fingerprint density at radius 1 is 1.10 bits per heavy atom. The normalized spacial score (nSPS) is 14.2. The van der Waals surface area contributed by atoms with Gasteiger partial charge in [-0.05, 0) is 54.9 Å². The Morgan fingerprint density at radius 2 is 1.90 bits per heavy atom. The minimum absolute atomic E-state index is 0.0216. The van der Waals surface area contributed by atoms with Crippen LogP contribution in [0.5, 0.6) is 0 Å². The second-order valence-electron chi connectivity index (χ2n) is 7.44. The lowest BCUT2D eigenvalue weighted by Crippen LogP contribution is -2.28. The van der Waals surface area contributed by atoms with E-state index in [2.05, 4.69) is 33.7 Å². The van der Waals surface area contributed by atoms with Crippen LogP contribution in [-0.2, 0) is 24.1 Å². The number of carbonyl (C=O) groups is 1. The van der Waals surface area contributed by atoms with Gasteiger partial charge in [-0.3, -0.25) is 4.79 Å². The van der Waals surface area contributed by atoms with E-state index in [0.717, 1.165) is 17.5 Å². The van der Waals surface area contributed by atoms with E-state index < -0.39 is 0 Å². The van der Waals surface area contributed by atoms with Crippen molar-refractivity contribution in [1.29, 1.82) is 0 Å². The number of benzene rings is 2. The molecule has 0 bridgehead atoms. The van der Waals surface area contributed by atoms with Gasteiger partial charge >= 0.3 is 0 Å². The van der Waals surface area contributed by atoms with Crippen LogP contribution in [0.1, 0.15) is 54.0 Å². The average molecular weight is 408 g/mol. The molecule has 1 amide bonds. The highest BCUT2D eigenvalue weighted by molar-refractivity contribution is 7.99. The van der Waals surface area contributed by atoms with Crippen molar-refractivity contribution < 1.29 is 9.21 Å². The number of aromatic nitrogens is 2. The van der Waals surface area contributed by atoms with Crippen LogP contribution < -0.4 is 5.32 Å². The quantitative estimate of drug-likeness (QED) is 0.584. The number of fused-ring (bicyclic) bond motifs is 1. The fourth-order valence-corrected chi connectivity index (χ4v) is 4.25. The van der Waals surface area contributed by atoms with Crippen LogP contribution in [0.2, 0.25) is 0 Å². The third-order valence-corrected chi connectivity index (χ3v) is 6.04. The maximum absolute atomic E-state index is 12.4. The van der Waals surface area contributed by atoms with E-state index in [9.17, 15) is 4.79 Å². The molecule has 1 aromatic heterocycles. The van der Waals surface area contributed by atoms with E-state index in [1.807, 2.05) is 37.3 Å². The minimum atomic E-state index is -0.0389. The van der Waals surface area contributed by atoms with E-state index >= 15 is 0 Å². The number of carbonyl (C=O) groups excluding carboxylic acids is 1. The van der Waals surface area contributed by atoms with Crippen LogP contribution in [0.3, 0.4) is 0 Å². The first-order chi connectivity index (χ1) is 14.2. The molecule has 5 nitrogen and oxygen atoms in total. The van der Waals surface area contributed by atoms with Crippen molar-refractivity contribution in [3.63, 3.8) is 0 Å². The largest absolute Gasteiger partial charge is 0.416 e. The first-order valence-electron chi connectivity index (χ1n) is 10.1. The smallest absolute Gasteiger partial charge is 0.277 e. The number of amides is 1. The molecule has 1 N–H and O–H groups in total. The summed E-state index contributed by atoms with van der Waals surface area (Å²) >= 11 is 1.27. The highest BCUT2D eigenvalue weighted by atomic mass is 32.2. The Balaban J connectivity index is 1.28. The maximum Gasteiger partial charge on any atom is 0.277 e. The van der Waals surface area contributed by atoms with Gasteiger partial charge in [0.05, 0.1) is 18.2 Å². The number of rotatable bonds is 7. The lowest BCUT2D eigenvalue weighted by atomic mass is 9.89. The molecular formula is C23H25N3O2S. The fourth-order valence-electron chi connectivity index (χ4n) is 3.65. The highest BCUT2D eigenvalue weighted by Gasteiger charge is 2.15. The Labute approximate surface area is 175 Å². The molecule has 0 fully saturated rings. The number of nitrogens with zero attached hydrogens (tertiary/aromatic N) is 2. The standard InChI is InChI=1S/C23H25N3O2S/c1-16(19-12-11-18-9-5-6-10-20(18)14-19)24-21(27)15-29-23-26-25-22(28-23)13-17-7-3-2-4-8-17/h2-4,7-8,11-12,14,16H,5-6,9-10,13,15H2,1H3,(H,24,27)/t16-/m1/s1. The molecule has 0 saturated heterocycles. The summed E-state index contributed by atoms with van der Waals surface area (Å²) in [7, 11) is 0. The first-order valence-corrected chi connectivity index (χ1v) is 11.1. The van der Waals surface area contributed by atoms with Gasteiger partial charge in [0.2, 0.25) is 11.8 Å². The maximum atomic E-state index is 12.4. The molecule has 150 valence electrons. The summed E-state index contributed by atoms with van der Waals surface area (Å²) in [6, 6.07) is 16.6. The number of hydrogen-bond acceptors (Lipinski definition) is 5. The zero-order valence-electron chi connectivity index (χ0n) is 16.6. The Bertz CT molecular complexity index is 971. The predicted molar refractivity (Wildman–Crippen MR) is 114 cm³/mol. The van der Waals surface area contributed by atoms with Gasteiger partial charge in [0, 0.05) is 0 Å². The van der Waals surface area contributed by atoms with Gasteiger partial charge in [-0.15, -0.1) is 10.2 Å². The van der Waals surface area contributed by atoms with E-state index in [1.165, 1.54) is 42.2 Å². The zero-order valence-corrected chi connectivity index (χ0v) is 17.4. The monoisotopic (exact) mass is 407 g/mol. The molecule has 1 heterocycles. The summed E-state index contributed by atoms with van der Waals surface area (Å²) in [5.74, 6) is 0.770. The summed E-state index contributed by atoms with van der Waals surface area (Å²) in [6.45, 7) is 2.03. The molecule has 4 rings (SSSR count). The van der Waals surface area contributed by atoms with Gasteiger partial charge in [-0.2, -0.15) is 0 Å². The number of thioether (sulfide) groups is 1. The van der Waals surface area contributed by atoms with E-state index in [4.69, 9.17) is 4.42 Å². The van der Waals surface area contributed by atoms with Crippen molar-refractivity contribution in [3.05, 3.63) is 76.7 Å². The van der Waals surface area contributed by atoms with Crippen molar-refractivity contribution in [2.75, 3.05) is 5.75 Å². The highest BCUT2D eigenvalue weighted by Crippen LogP contribution is 2.25. The van der Waals surface area contributed by atoms with Gasteiger partial charge in [0.15, 0.2) is 0 Å². The number of aryl methyl sites for hydroxylation is 2. The van der Waals surface area contributed by atoms with Gasteiger partial charge in [0.25, 0.3) is 5.22 Å². The molecule has 1 aliphatic rings. The molecule has 0 spiro atoms. The molecule has 0 unspecified atom stereocenters. The summed E-state index contributed by atoms with van der Waals surface area (Å²) in [5.41, 5.74) is 5.16. The Hall–Kier alpha value is -2.60. The van der Waals surface area contributed by atoms with E-state index in [-0.39, 0.29) is 17.7 Å². The van der Waals surface area contributed by atoms with Crippen LogP contribution in [-0.4, -0.2) is 21.9 Å². The second kappa shape index (κ2) is 9.27. The molecule has 29 heavy (non-hydrogen) atoms. The summed E-state index contributed by atoms with van der Waals surface area (Å²) < 4.78 is 5.65. The van der Waals surface area contributed by atoms with Crippen LogP contribution >= 0.6 is 11.8 Å². The molecule has 1 aliphatic carbocycles. The minimum Gasteiger partial charge on any atom is -0.416 e. The fraction of sp³-hybridized carbons (Fsp3) is 0.348. The second-order valence-corrected chi connectivity index (χ2v) is 8.36. The first kappa shape index (κ1) is 19.7. The van der Waals surface area contributed by atoms with Gasteiger partial charge in [-0.25, -0.2) is 0 Å². The number of nitrogens with one attached hydrogen (secondary N) is 1. The SMILES string of the molecule is C[C@@H](NC(=O)CSc1nnc(Cc2ccccc2)o1)c1ccc2c(c1)CCCC2. The third kappa shape index (κ3) is 5.26. The molecule has 0 radical (unpaired) electrons. The van der Waals surface area contributed by atoms with Crippen molar-refractivity contribution in [1.82, 2.24) is 15.5 Å². The molecule has 2 aromatic carbocycles. The molecule has 0 aliphatic heterocycles. The predicted octanol–water partition coefficient (Wildman–Crippen LogP) is 4.51. The number of hydrogen-bond donors (Lipinski definition) is 1. The van der Waals surface area contributed by atoms with Crippen LogP contribution in [0, 0.1) is 0 Å². The van der Waals surface area contributed by atoms with E-state index in [1.54, 1.807) is 0 Å². The molecule has 6 heteroatoms. The van der Waals surface area contributed by atoms with Crippen LogP contribution in [0.25, 0.3) is 0 Å². The van der Waals surface area contributed by atoms with Crippen molar-refractivity contribution >= 4 is 17.7 Å². The van der Waals surface area contributed by atoms with Gasteiger partial charge < -0.3 is 9.73 Å². The molecule has 3 aromatic rings. The van der Waals surface area contributed by atoms with Gasteiger partial charge in [-0.1, -0.05) is 60.3 Å². The van der Waals surface area contributed by atoms with Crippen LogP contribution in [0.15, 0.2) is 58.2 Å². The van der Waals surface area contributed by atoms with E-state index in [0.29, 0.717) is 17.5 Å². The third-order valence-electron chi connectivity index (χ3n) is 5.22. The average Bonchev–Trinajstić information content (AvgIpc) is 3.20. The summed E-state index contributed by atoms with van der Waals surface area (Å²) in [4.78, 5) is 12.4. The molecule has 1 atom stereocenters. The molecule has 0 saturated carbocycles. The summed E-state index contributed by atoms with van der Waals surface area (Å²) in [5, 5.41) is 11.6. The van der Waals surface area contributed by atoms with Gasteiger partial charge in [0.1, 0.15) is 0 Å². The summed E-state index contributed by atoms with van der Waals surface area (Å²) in [6.07, 6.45) is 5.43. The zero-order chi connectivity index (χ0) is 20.1. The van der Waals surface area contributed by atoms with Crippen molar-refractivity contribution in [2.45, 2.75) is 50.3 Å². The Kier molecular flexibility index (Phi) is 6.30. The topological polar surface area (TPSA) is 68.0 Å². The lowest BCUT2D eigenvalue weighted by molar-refractivity contribution is -0.119. The molecular weight excluding hydrogens is 382 g/mol.